The van der Waals surface area contributed by atoms with E-state index in [0.717, 1.165) is 12.8 Å². The van der Waals surface area contributed by atoms with Gasteiger partial charge >= 0.3 is 13.7 Å². The molecule has 1 unspecified atom stereocenters. The topological polar surface area (TPSA) is 162 Å². The molecule has 0 bridgehead atoms. The van der Waals surface area contributed by atoms with E-state index >= 15 is 0 Å². The van der Waals surface area contributed by atoms with Crippen LogP contribution in [0.15, 0.2) is 36.4 Å². The standard InChI is InChI=1S/C26H36N5O7P/c1-4-5-15-38-26(34)31-13-11-30(12-14-31)25(33)22(17-39(35,36)37)29-24(32)21-16-20(18(2)3)27-23(28-21)19-9-7-6-8-10-19/h6-10,16,18,22H,4-5,11-15,17H2,1-3H3,(H,29,32)(H2,35,36,37). The molecule has 3 N–H and O–H groups in total. The molecule has 1 fully saturated rings. The van der Waals surface area contributed by atoms with Crippen molar-refractivity contribution in [1.82, 2.24) is 25.1 Å². The second-order valence-corrected chi connectivity index (χ2v) is 11.4. The first kappa shape index (κ1) is 30.2. The maximum atomic E-state index is 13.3. The van der Waals surface area contributed by atoms with Crippen LogP contribution in [0.1, 0.15) is 55.7 Å². The van der Waals surface area contributed by atoms with E-state index in [1.165, 1.54) is 15.9 Å². The first-order valence-corrected chi connectivity index (χ1v) is 14.8. The highest BCUT2D eigenvalue weighted by molar-refractivity contribution is 7.51. The molecule has 3 amide bonds. The zero-order chi connectivity index (χ0) is 28.6. The average molecular weight is 562 g/mol. The van der Waals surface area contributed by atoms with Gasteiger partial charge in [0.15, 0.2) is 5.82 Å². The third-order valence-electron chi connectivity index (χ3n) is 6.20. The predicted molar refractivity (Wildman–Crippen MR) is 144 cm³/mol. The minimum absolute atomic E-state index is 0.0179. The summed E-state index contributed by atoms with van der Waals surface area (Å²) in [6, 6.07) is 9.12. The minimum atomic E-state index is -4.68. The zero-order valence-electron chi connectivity index (χ0n) is 22.4. The third-order valence-corrected chi connectivity index (χ3v) is 7.04. The van der Waals surface area contributed by atoms with E-state index in [1.54, 1.807) is 12.1 Å². The van der Waals surface area contributed by atoms with Gasteiger partial charge in [-0.3, -0.25) is 14.2 Å². The van der Waals surface area contributed by atoms with Crippen molar-refractivity contribution in [2.24, 2.45) is 0 Å². The molecular weight excluding hydrogens is 525 g/mol. The molecule has 212 valence electrons. The van der Waals surface area contributed by atoms with Crippen molar-refractivity contribution in [2.75, 3.05) is 38.9 Å². The second-order valence-electron chi connectivity index (χ2n) is 9.68. The number of nitrogens with zero attached hydrogens (tertiary/aromatic N) is 4. The smallest absolute Gasteiger partial charge is 0.409 e. The van der Waals surface area contributed by atoms with Gasteiger partial charge in [-0.2, -0.15) is 0 Å². The van der Waals surface area contributed by atoms with Gasteiger partial charge in [-0.1, -0.05) is 57.5 Å². The van der Waals surface area contributed by atoms with Gasteiger partial charge in [0.1, 0.15) is 11.7 Å². The van der Waals surface area contributed by atoms with Gasteiger partial charge < -0.3 is 29.6 Å². The number of benzene rings is 1. The van der Waals surface area contributed by atoms with E-state index in [4.69, 9.17) is 4.74 Å². The molecule has 1 aliphatic heterocycles. The average Bonchev–Trinajstić information content (AvgIpc) is 2.92. The molecule has 2 heterocycles. The number of carbonyl (C=O) groups is 3. The lowest BCUT2D eigenvalue weighted by Crippen LogP contribution is -2.56. The van der Waals surface area contributed by atoms with Crippen LogP contribution < -0.4 is 5.32 Å². The first-order valence-electron chi connectivity index (χ1n) is 13.0. The Morgan fingerprint density at radius 2 is 1.69 bits per heavy atom. The minimum Gasteiger partial charge on any atom is -0.449 e. The Balaban J connectivity index is 1.76. The lowest BCUT2D eigenvalue weighted by Gasteiger charge is -2.36. The molecule has 3 rings (SSSR count). The molecule has 13 heteroatoms. The Morgan fingerprint density at radius 1 is 1.05 bits per heavy atom. The van der Waals surface area contributed by atoms with Crippen molar-refractivity contribution in [2.45, 2.75) is 45.6 Å². The second kappa shape index (κ2) is 13.6. The zero-order valence-corrected chi connectivity index (χ0v) is 23.3. The van der Waals surface area contributed by atoms with E-state index in [2.05, 4.69) is 15.3 Å². The fourth-order valence-electron chi connectivity index (χ4n) is 3.97. The SMILES string of the molecule is CCCCOC(=O)N1CCN(C(=O)C(CP(=O)(O)O)NC(=O)c2cc(C(C)C)nc(-c3ccccc3)n2)CC1. The van der Waals surface area contributed by atoms with E-state index in [-0.39, 0.29) is 37.8 Å². The van der Waals surface area contributed by atoms with Gasteiger partial charge in [-0.05, 0) is 18.4 Å². The Hall–Kier alpha value is -3.34. The third kappa shape index (κ3) is 8.84. The van der Waals surface area contributed by atoms with Crippen LogP contribution in [0, 0.1) is 0 Å². The Morgan fingerprint density at radius 3 is 2.28 bits per heavy atom. The molecule has 39 heavy (non-hydrogen) atoms. The summed E-state index contributed by atoms with van der Waals surface area (Å²) in [6.07, 6.45) is 0.314. The van der Waals surface area contributed by atoms with Crippen LogP contribution in [0.2, 0.25) is 0 Å². The number of carbonyl (C=O) groups excluding carboxylic acids is 3. The largest absolute Gasteiger partial charge is 0.449 e. The molecule has 1 saturated heterocycles. The molecule has 1 aliphatic rings. The van der Waals surface area contributed by atoms with Gasteiger partial charge in [-0.25, -0.2) is 14.8 Å². The molecule has 0 saturated carbocycles. The molecule has 1 atom stereocenters. The molecule has 12 nitrogen and oxygen atoms in total. The molecule has 1 aromatic carbocycles. The highest BCUT2D eigenvalue weighted by Crippen LogP contribution is 2.35. The number of aromatic nitrogens is 2. The van der Waals surface area contributed by atoms with Crippen LogP contribution in [0.3, 0.4) is 0 Å². The number of ether oxygens (including phenoxy) is 1. The Bertz CT molecular complexity index is 1200. The van der Waals surface area contributed by atoms with Gasteiger partial charge in [0.25, 0.3) is 5.91 Å². The number of rotatable bonds is 10. The summed E-state index contributed by atoms with van der Waals surface area (Å²) in [5, 5.41) is 2.48. The maximum Gasteiger partial charge on any atom is 0.409 e. The van der Waals surface area contributed by atoms with Crippen molar-refractivity contribution < 1.29 is 33.5 Å². The number of hydrogen-bond donors (Lipinski definition) is 3. The van der Waals surface area contributed by atoms with E-state index in [0.29, 0.717) is 23.7 Å². The molecule has 1 aromatic heterocycles. The fourth-order valence-corrected chi connectivity index (χ4v) is 4.70. The van der Waals surface area contributed by atoms with Crippen LogP contribution in [0.25, 0.3) is 11.4 Å². The van der Waals surface area contributed by atoms with Crippen molar-refractivity contribution >= 4 is 25.5 Å². The van der Waals surface area contributed by atoms with Gasteiger partial charge in [0.2, 0.25) is 5.91 Å². The quantitative estimate of drug-likeness (QED) is 0.292. The normalized spacial score (nSPS) is 14.7. The summed E-state index contributed by atoms with van der Waals surface area (Å²) < 4.78 is 17.1. The maximum absolute atomic E-state index is 13.3. The van der Waals surface area contributed by atoms with Crippen LogP contribution in [0.4, 0.5) is 4.79 Å². The first-order chi connectivity index (χ1) is 18.5. The number of nitrogens with one attached hydrogen (secondary N) is 1. The lowest BCUT2D eigenvalue weighted by atomic mass is 10.1. The summed E-state index contributed by atoms with van der Waals surface area (Å²) in [5.74, 6) is -1.10. The molecular formula is C26H36N5O7P. The predicted octanol–water partition coefficient (Wildman–Crippen LogP) is 2.62. The molecule has 0 aliphatic carbocycles. The lowest BCUT2D eigenvalue weighted by molar-refractivity contribution is -0.134. The summed E-state index contributed by atoms with van der Waals surface area (Å²) in [6.45, 7) is 6.82. The van der Waals surface area contributed by atoms with Gasteiger partial charge in [0, 0.05) is 37.4 Å². The van der Waals surface area contributed by atoms with E-state index in [1.807, 2.05) is 39.0 Å². The summed E-state index contributed by atoms with van der Waals surface area (Å²) in [4.78, 5) is 69.8. The van der Waals surface area contributed by atoms with Gasteiger partial charge in [-0.15, -0.1) is 0 Å². The number of amides is 3. The summed E-state index contributed by atoms with van der Waals surface area (Å²) >= 11 is 0. The fraction of sp³-hybridized carbons (Fsp3) is 0.500. The highest BCUT2D eigenvalue weighted by atomic mass is 31.2. The molecule has 2 aromatic rings. The number of hydrogen-bond acceptors (Lipinski definition) is 7. The monoisotopic (exact) mass is 561 g/mol. The number of unbranched alkanes of at least 4 members (excludes halogenated alkanes) is 1. The van der Waals surface area contributed by atoms with E-state index < -0.39 is 37.7 Å². The summed E-state index contributed by atoms with van der Waals surface area (Å²) in [5.41, 5.74) is 1.28. The van der Waals surface area contributed by atoms with Crippen LogP contribution in [-0.4, -0.2) is 92.5 Å². The van der Waals surface area contributed by atoms with Crippen LogP contribution in [0.5, 0.6) is 0 Å². The number of piperazine rings is 1. The van der Waals surface area contributed by atoms with Crippen molar-refractivity contribution in [3.8, 4) is 11.4 Å². The highest BCUT2D eigenvalue weighted by Gasteiger charge is 2.35. The van der Waals surface area contributed by atoms with Crippen molar-refractivity contribution in [1.29, 1.82) is 0 Å². The molecule has 0 radical (unpaired) electrons. The van der Waals surface area contributed by atoms with Crippen LogP contribution >= 0.6 is 7.60 Å². The van der Waals surface area contributed by atoms with Gasteiger partial charge in [0.05, 0.1) is 12.8 Å². The molecule has 0 spiro atoms. The van der Waals surface area contributed by atoms with E-state index in [9.17, 15) is 28.7 Å². The van der Waals surface area contributed by atoms with Crippen molar-refractivity contribution in [3.05, 3.63) is 47.8 Å². The van der Waals surface area contributed by atoms with Crippen LogP contribution in [-0.2, 0) is 14.1 Å². The summed E-state index contributed by atoms with van der Waals surface area (Å²) in [7, 11) is -4.68. The Labute approximate surface area is 227 Å². The van der Waals surface area contributed by atoms with Crippen molar-refractivity contribution in [3.63, 3.8) is 0 Å². The Kier molecular flexibility index (Phi) is 10.6.